The van der Waals surface area contributed by atoms with Crippen molar-refractivity contribution in [1.29, 1.82) is 0 Å². The first-order valence-electron chi connectivity index (χ1n) is 4.88. The molecule has 1 rings (SSSR count). The van der Waals surface area contributed by atoms with Crippen LogP contribution in [0.15, 0.2) is 18.2 Å². The fourth-order valence-corrected chi connectivity index (χ4v) is 1.33. The van der Waals surface area contributed by atoms with Gasteiger partial charge in [0.15, 0.2) is 0 Å². The van der Waals surface area contributed by atoms with Crippen LogP contribution in [-0.2, 0) is 0 Å². The van der Waals surface area contributed by atoms with Crippen LogP contribution < -0.4 is 5.73 Å². The van der Waals surface area contributed by atoms with Gasteiger partial charge in [-0.1, -0.05) is 12.1 Å². The molecule has 6 heteroatoms. The summed E-state index contributed by atoms with van der Waals surface area (Å²) in [5.41, 5.74) is 6.40. The highest BCUT2D eigenvalue weighted by Crippen LogP contribution is 2.26. The minimum Gasteiger partial charge on any atom is -0.324 e. The third-order valence-corrected chi connectivity index (χ3v) is 2.36. The van der Waals surface area contributed by atoms with Crippen LogP contribution in [0.3, 0.4) is 0 Å². The quantitative estimate of drug-likeness (QED) is 0.829. The summed E-state index contributed by atoms with van der Waals surface area (Å²) in [5.74, 6) is -0.444. The topological polar surface area (TPSA) is 26.0 Å². The first-order chi connectivity index (χ1) is 7.29. The average molecular weight is 272 g/mol. The molecular weight excluding hydrogens is 258 g/mol. The van der Waals surface area contributed by atoms with E-state index < -0.39 is 24.5 Å². The zero-order valence-corrected chi connectivity index (χ0v) is 10.0. The predicted octanol–water partition coefficient (Wildman–Crippen LogP) is 3.90. The monoisotopic (exact) mass is 271 g/mol. The van der Waals surface area contributed by atoms with E-state index in [9.17, 15) is 17.6 Å². The molecule has 1 nitrogen and oxygen atoms in total. The summed E-state index contributed by atoms with van der Waals surface area (Å²) in [6.07, 6.45) is -5.41. The third-order valence-electron chi connectivity index (χ3n) is 2.36. The maximum Gasteiger partial charge on any atom is 0.389 e. The van der Waals surface area contributed by atoms with Crippen molar-refractivity contribution in [3.63, 3.8) is 0 Å². The number of benzene rings is 1. The Hall–Kier alpha value is -0.810. The van der Waals surface area contributed by atoms with E-state index in [-0.39, 0.29) is 18.8 Å². The molecule has 0 fully saturated rings. The van der Waals surface area contributed by atoms with Crippen LogP contribution >= 0.6 is 12.4 Å². The molecular formula is C11H14ClF4N. The number of rotatable bonds is 3. The molecule has 0 spiro atoms. The summed E-state index contributed by atoms with van der Waals surface area (Å²) >= 11 is 0. The molecule has 0 amide bonds. The minimum absolute atomic E-state index is 0. The Balaban J connectivity index is 0.00000256. The highest BCUT2D eigenvalue weighted by Gasteiger charge is 2.27. The number of hydrogen-bond acceptors (Lipinski definition) is 1. The molecule has 0 radical (unpaired) electrons. The van der Waals surface area contributed by atoms with Crippen LogP contribution in [-0.4, -0.2) is 6.18 Å². The molecule has 0 aliphatic rings. The summed E-state index contributed by atoms with van der Waals surface area (Å²) in [4.78, 5) is 0. The van der Waals surface area contributed by atoms with Gasteiger partial charge in [-0.25, -0.2) is 4.39 Å². The maximum absolute atomic E-state index is 13.1. The van der Waals surface area contributed by atoms with E-state index in [1.807, 2.05) is 0 Å². The van der Waals surface area contributed by atoms with Gasteiger partial charge in [0.1, 0.15) is 5.82 Å². The standard InChI is InChI=1S/C11H13F4N.ClH/c1-7-2-3-8(6-9(7)12)10(16)4-5-11(13,14)15;/h2-3,6,10H,4-5,16H2,1H3;1H/t10-;/m1./s1. The largest absolute Gasteiger partial charge is 0.389 e. The van der Waals surface area contributed by atoms with Gasteiger partial charge >= 0.3 is 6.18 Å². The zero-order chi connectivity index (χ0) is 12.3. The van der Waals surface area contributed by atoms with Gasteiger partial charge in [0.05, 0.1) is 0 Å². The molecule has 0 bridgehead atoms. The van der Waals surface area contributed by atoms with Crippen molar-refractivity contribution in [3.8, 4) is 0 Å². The van der Waals surface area contributed by atoms with Gasteiger partial charge in [-0.05, 0) is 30.5 Å². The average Bonchev–Trinajstić information content (AvgIpc) is 2.17. The molecule has 0 aliphatic heterocycles. The Bertz CT molecular complexity index is 365. The van der Waals surface area contributed by atoms with Crippen molar-refractivity contribution in [1.82, 2.24) is 0 Å². The second kappa shape index (κ2) is 6.21. The fraction of sp³-hybridized carbons (Fsp3) is 0.455. The van der Waals surface area contributed by atoms with Crippen molar-refractivity contribution in [3.05, 3.63) is 35.1 Å². The molecule has 1 atom stereocenters. The number of nitrogens with two attached hydrogens (primary N) is 1. The molecule has 0 aliphatic carbocycles. The molecule has 0 saturated heterocycles. The normalized spacial score (nSPS) is 13.1. The molecule has 98 valence electrons. The summed E-state index contributed by atoms with van der Waals surface area (Å²) < 4.78 is 49.0. The van der Waals surface area contributed by atoms with E-state index in [4.69, 9.17) is 5.73 Å². The summed E-state index contributed by atoms with van der Waals surface area (Å²) in [7, 11) is 0. The van der Waals surface area contributed by atoms with Gasteiger partial charge in [0, 0.05) is 12.5 Å². The first-order valence-corrected chi connectivity index (χ1v) is 4.88. The zero-order valence-electron chi connectivity index (χ0n) is 9.22. The Morgan fingerprint density at radius 2 is 1.88 bits per heavy atom. The number of halogens is 5. The molecule has 0 heterocycles. The van der Waals surface area contributed by atoms with Crippen LogP contribution in [0.2, 0.25) is 0 Å². The molecule has 1 aromatic rings. The fourth-order valence-electron chi connectivity index (χ4n) is 1.33. The first kappa shape index (κ1) is 16.2. The van der Waals surface area contributed by atoms with Crippen LogP contribution in [0, 0.1) is 12.7 Å². The highest BCUT2D eigenvalue weighted by atomic mass is 35.5. The summed E-state index contributed by atoms with van der Waals surface area (Å²) in [5, 5.41) is 0. The maximum atomic E-state index is 13.1. The lowest BCUT2D eigenvalue weighted by atomic mass is 10.0. The Labute approximate surface area is 103 Å². The van der Waals surface area contributed by atoms with Gasteiger partial charge in [0.25, 0.3) is 0 Å². The van der Waals surface area contributed by atoms with Crippen molar-refractivity contribution < 1.29 is 17.6 Å². The number of alkyl halides is 3. The second-order valence-corrected chi connectivity index (χ2v) is 3.77. The predicted molar refractivity (Wildman–Crippen MR) is 60.6 cm³/mol. The van der Waals surface area contributed by atoms with Gasteiger partial charge in [-0.15, -0.1) is 12.4 Å². The van der Waals surface area contributed by atoms with Crippen molar-refractivity contribution in [2.75, 3.05) is 0 Å². The smallest absolute Gasteiger partial charge is 0.324 e. The second-order valence-electron chi connectivity index (χ2n) is 3.77. The van der Waals surface area contributed by atoms with Gasteiger partial charge in [0.2, 0.25) is 0 Å². The lowest BCUT2D eigenvalue weighted by Gasteiger charge is -2.14. The van der Waals surface area contributed by atoms with E-state index in [2.05, 4.69) is 0 Å². The summed E-state index contributed by atoms with van der Waals surface area (Å²) in [6.45, 7) is 1.58. The van der Waals surface area contributed by atoms with Crippen LogP contribution in [0.5, 0.6) is 0 Å². The lowest BCUT2D eigenvalue weighted by Crippen LogP contribution is -2.16. The van der Waals surface area contributed by atoms with E-state index in [1.54, 1.807) is 13.0 Å². The summed E-state index contributed by atoms with van der Waals surface area (Å²) in [6, 6.07) is 3.48. The molecule has 1 aromatic carbocycles. The van der Waals surface area contributed by atoms with Crippen molar-refractivity contribution in [2.45, 2.75) is 32.0 Å². The Kier molecular flexibility index (Phi) is 5.92. The van der Waals surface area contributed by atoms with Crippen LogP contribution in [0.4, 0.5) is 17.6 Å². The van der Waals surface area contributed by atoms with E-state index in [0.29, 0.717) is 11.1 Å². The lowest BCUT2D eigenvalue weighted by molar-refractivity contribution is -0.136. The van der Waals surface area contributed by atoms with Gasteiger partial charge in [-0.3, -0.25) is 0 Å². The van der Waals surface area contributed by atoms with Crippen LogP contribution in [0.25, 0.3) is 0 Å². The highest BCUT2D eigenvalue weighted by molar-refractivity contribution is 5.85. The van der Waals surface area contributed by atoms with Gasteiger partial charge < -0.3 is 5.73 Å². The van der Waals surface area contributed by atoms with Gasteiger partial charge in [-0.2, -0.15) is 13.2 Å². The van der Waals surface area contributed by atoms with Crippen LogP contribution in [0.1, 0.15) is 30.0 Å². The SMILES string of the molecule is Cc1ccc([C@H](N)CCC(F)(F)F)cc1F.Cl. The van der Waals surface area contributed by atoms with E-state index in [0.717, 1.165) is 0 Å². The number of hydrogen-bond donors (Lipinski definition) is 1. The third kappa shape index (κ3) is 5.37. The molecule has 0 saturated carbocycles. The number of aryl methyl sites for hydroxylation is 1. The molecule has 0 unspecified atom stereocenters. The molecule has 2 N–H and O–H groups in total. The van der Waals surface area contributed by atoms with E-state index in [1.165, 1.54) is 12.1 Å². The Morgan fingerprint density at radius 3 is 2.35 bits per heavy atom. The molecule has 0 aromatic heterocycles. The minimum atomic E-state index is -4.22. The molecule has 17 heavy (non-hydrogen) atoms. The van der Waals surface area contributed by atoms with Crippen molar-refractivity contribution >= 4 is 12.4 Å². The van der Waals surface area contributed by atoms with Crippen molar-refractivity contribution in [2.24, 2.45) is 5.73 Å². The Morgan fingerprint density at radius 1 is 1.29 bits per heavy atom. The van der Waals surface area contributed by atoms with E-state index >= 15 is 0 Å².